The van der Waals surface area contributed by atoms with E-state index in [0.717, 1.165) is 10.6 Å². The van der Waals surface area contributed by atoms with Gasteiger partial charge in [0, 0.05) is 36.1 Å². The SMILES string of the molecule is O=C(NC(c1ccccn1)c1cccs1)C1CCN(C(=O)c2ccno2)CC1. The summed E-state index contributed by atoms with van der Waals surface area (Å²) in [6.45, 7) is 1.04. The first-order valence-corrected chi connectivity index (χ1v) is 10.0. The highest BCUT2D eigenvalue weighted by Crippen LogP contribution is 2.26. The van der Waals surface area contributed by atoms with Gasteiger partial charge in [-0.2, -0.15) is 0 Å². The second-order valence-electron chi connectivity index (χ2n) is 6.65. The lowest BCUT2D eigenvalue weighted by Crippen LogP contribution is -2.43. The van der Waals surface area contributed by atoms with Crippen LogP contribution in [-0.2, 0) is 4.79 Å². The second kappa shape index (κ2) is 8.35. The molecule has 3 aromatic rings. The molecule has 0 saturated carbocycles. The normalized spacial score (nSPS) is 15.9. The number of hydrogen-bond acceptors (Lipinski definition) is 6. The Morgan fingerprint density at radius 2 is 2.00 bits per heavy atom. The number of pyridine rings is 1. The maximum atomic E-state index is 12.9. The number of nitrogens with zero attached hydrogens (tertiary/aromatic N) is 3. The molecule has 4 heterocycles. The monoisotopic (exact) mass is 396 g/mol. The Bertz CT molecular complexity index is 904. The molecule has 8 heteroatoms. The van der Waals surface area contributed by atoms with E-state index < -0.39 is 0 Å². The van der Waals surface area contributed by atoms with Gasteiger partial charge in [0.05, 0.1) is 11.9 Å². The molecule has 7 nitrogen and oxygen atoms in total. The predicted octanol–water partition coefficient (Wildman–Crippen LogP) is 2.89. The molecule has 1 atom stereocenters. The summed E-state index contributed by atoms with van der Waals surface area (Å²) < 4.78 is 4.94. The van der Waals surface area contributed by atoms with Crippen LogP contribution in [0.2, 0.25) is 0 Å². The maximum absolute atomic E-state index is 12.9. The number of aromatic nitrogens is 2. The number of carbonyl (C=O) groups is 2. The molecule has 1 fully saturated rings. The van der Waals surface area contributed by atoms with Gasteiger partial charge in [0.15, 0.2) is 0 Å². The zero-order valence-corrected chi connectivity index (χ0v) is 16.0. The van der Waals surface area contributed by atoms with Gasteiger partial charge in [0.25, 0.3) is 5.91 Å². The standard InChI is InChI=1S/C20H20N4O3S/c25-19(14-7-11-24(12-8-14)20(26)16-6-10-22-27-16)23-18(17-5-3-13-28-17)15-4-1-2-9-21-15/h1-6,9-10,13-14,18H,7-8,11-12H2,(H,23,25). The smallest absolute Gasteiger partial charge is 0.292 e. The summed E-state index contributed by atoms with van der Waals surface area (Å²) in [5, 5.41) is 8.72. The van der Waals surface area contributed by atoms with Crippen molar-refractivity contribution in [1.29, 1.82) is 0 Å². The van der Waals surface area contributed by atoms with Crippen molar-refractivity contribution < 1.29 is 14.1 Å². The van der Waals surface area contributed by atoms with E-state index in [1.165, 1.54) is 6.20 Å². The average Bonchev–Trinajstić information content (AvgIpc) is 3.46. The molecule has 0 radical (unpaired) electrons. The summed E-state index contributed by atoms with van der Waals surface area (Å²) in [7, 11) is 0. The summed E-state index contributed by atoms with van der Waals surface area (Å²) in [5.41, 5.74) is 0.816. The molecular weight excluding hydrogens is 376 g/mol. The van der Waals surface area contributed by atoms with Crippen LogP contribution in [0.5, 0.6) is 0 Å². The van der Waals surface area contributed by atoms with Gasteiger partial charge in [-0.15, -0.1) is 11.3 Å². The largest absolute Gasteiger partial charge is 0.351 e. The number of nitrogens with one attached hydrogen (secondary N) is 1. The minimum atomic E-state index is -0.262. The topological polar surface area (TPSA) is 88.3 Å². The molecule has 1 aliphatic rings. The van der Waals surface area contributed by atoms with Crippen LogP contribution in [0.4, 0.5) is 0 Å². The van der Waals surface area contributed by atoms with Crippen molar-refractivity contribution in [3.05, 3.63) is 70.5 Å². The number of hydrogen-bond donors (Lipinski definition) is 1. The number of carbonyl (C=O) groups excluding carboxylic acids is 2. The average molecular weight is 396 g/mol. The predicted molar refractivity (Wildman–Crippen MR) is 104 cm³/mol. The molecule has 1 unspecified atom stereocenters. The Morgan fingerprint density at radius 1 is 1.14 bits per heavy atom. The van der Waals surface area contributed by atoms with E-state index in [4.69, 9.17) is 4.52 Å². The Balaban J connectivity index is 1.40. The van der Waals surface area contributed by atoms with Crippen LogP contribution in [0.25, 0.3) is 0 Å². The Labute approximate surface area is 166 Å². The van der Waals surface area contributed by atoms with Crippen LogP contribution < -0.4 is 5.32 Å². The molecule has 1 N–H and O–H groups in total. The third kappa shape index (κ3) is 3.96. The van der Waals surface area contributed by atoms with Gasteiger partial charge >= 0.3 is 0 Å². The fourth-order valence-electron chi connectivity index (χ4n) is 3.38. The van der Waals surface area contributed by atoms with Gasteiger partial charge in [0.1, 0.15) is 6.04 Å². The molecule has 0 bridgehead atoms. The molecule has 0 spiro atoms. The van der Waals surface area contributed by atoms with E-state index in [1.807, 2.05) is 35.7 Å². The Hall–Kier alpha value is -3.00. The van der Waals surface area contributed by atoms with E-state index >= 15 is 0 Å². The molecule has 2 amide bonds. The van der Waals surface area contributed by atoms with E-state index in [1.54, 1.807) is 28.5 Å². The van der Waals surface area contributed by atoms with Crippen molar-refractivity contribution in [3.8, 4) is 0 Å². The Morgan fingerprint density at radius 3 is 2.64 bits per heavy atom. The molecule has 1 saturated heterocycles. The number of piperidine rings is 1. The van der Waals surface area contributed by atoms with Gasteiger partial charge in [-0.05, 0) is 36.4 Å². The van der Waals surface area contributed by atoms with E-state index in [0.29, 0.717) is 25.9 Å². The van der Waals surface area contributed by atoms with E-state index in [-0.39, 0.29) is 29.5 Å². The number of rotatable bonds is 5. The van der Waals surface area contributed by atoms with Gasteiger partial charge in [0.2, 0.25) is 11.7 Å². The molecule has 4 rings (SSSR count). The van der Waals surface area contributed by atoms with Crippen molar-refractivity contribution >= 4 is 23.2 Å². The third-order valence-electron chi connectivity index (χ3n) is 4.90. The number of likely N-dealkylation sites (tertiary alicyclic amines) is 1. The molecule has 0 aliphatic carbocycles. The van der Waals surface area contributed by atoms with Crippen molar-refractivity contribution in [3.63, 3.8) is 0 Å². The molecule has 28 heavy (non-hydrogen) atoms. The van der Waals surface area contributed by atoms with Crippen molar-refractivity contribution in [1.82, 2.24) is 20.4 Å². The maximum Gasteiger partial charge on any atom is 0.292 e. The highest BCUT2D eigenvalue weighted by Gasteiger charge is 2.30. The van der Waals surface area contributed by atoms with Crippen molar-refractivity contribution in [2.24, 2.45) is 5.92 Å². The highest BCUT2D eigenvalue weighted by molar-refractivity contribution is 7.10. The minimum Gasteiger partial charge on any atom is -0.351 e. The van der Waals surface area contributed by atoms with Crippen LogP contribution in [0, 0.1) is 5.92 Å². The van der Waals surface area contributed by atoms with Gasteiger partial charge in [-0.1, -0.05) is 17.3 Å². The first-order valence-electron chi connectivity index (χ1n) is 9.17. The molecule has 144 valence electrons. The zero-order chi connectivity index (χ0) is 19.3. The van der Waals surface area contributed by atoms with Crippen LogP contribution in [0.3, 0.4) is 0 Å². The van der Waals surface area contributed by atoms with Crippen LogP contribution in [-0.4, -0.2) is 39.9 Å². The van der Waals surface area contributed by atoms with Crippen molar-refractivity contribution in [2.75, 3.05) is 13.1 Å². The van der Waals surface area contributed by atoms with Gasteiger partial charge in [-0.25, -0.2) is 0 Å². The molecular formula is C20H20N4O3S. The lowest BCUT2D eigenvalue weighted by Gasteiger charge is -2.31. The van der Waals surface area contributed by atoms with Crippen molar-refractivity contribution in [2.45, 2.75) is 18.9 Å². The fraction of sp³-hybridized carbons (Fsp3) is 0.300. The fourth-order valence-corrected chi connectivity index (χ4v) is 4.17. The van der Waals surface area contributed by atoms with E-state index in [9.17, 15) is 9.59 Å². The molecule has 0 aromatic carbocycles. The lowest BCUT2D eigenvalue weighted by molar-refractivity contribution is -0.126. The van der Waals surface area contributed by atoms with Crippen LogP contribution >= 0.6 is 11.3 Å². The van der Waals surface area contributed by atoms with Gasteiger partial charge in [-0.3, -0.25) is 14.6 Å². The molecule has 1 aliphatic heterocycles. The summed E-state index contributed by atoms with van der Waals surface area (Å²) in [6.07, 6.45) is 4.42. The first-order chi connectivity index (χ1) is 13.7. The van der Waals surface area contributed by atoms with Gasteiger partial charge < -0.3 is 14.7 Å². The molecule has 3 aromatic heterocycles. The summed E-state index contributed by atoms with van der Waals surface area (Å²) >= 11 is 1.59. The lowest BCUT2D eigenvalue weighted by atomic mass is 9.95. The number of thiophene rings is 1. The summed E-state index contributed by atoms with van der Waals surface area (Å²) in [6, 6.07) is 11.0. The van der Waals surface area contributed by atoms with Crippen LogP contribution in [0.1, 0.15) is 40.0 Å². The Kier molecular flexibility index (Phi) is 5.48. The second-order valence-corrected chi connectivity index (χ2v) is 7.63. The zero-order valence-electron chi connectivity index (χ0n) is 15.2. The quantitative estimate of drug-likeness (QED) is 0.716. The first kappa shape index (κ1) is 18.4. The highest BCUT2D eigenvalue weighted by atomic mass is 32.1. The summed E-state index contributed by atoms with van der Waals surface area (Å²) in [5.74, 6) is -0.0853. The number of amides is 2. The summed E-state index contributed by atoms with van der Waals surface area (Å²) in [4.78, 5) is 32.4. The van der Waals surface area contributed by atoms with Crippen LogP contribution in [0.15, 0.2) is 58.7 Å². The minimum absolute atomic E-state index is 0.00387. The van der Waals surface area contributed by atoms with E-state index in [2.05, 4.69) is 15.5 Å². The third-order valence-corrected chi connectivity index (χ3v) is 5.84.